The minimum Gasteiger partial charge on any atom is -0.452 e. The Morgan fingerprint density at radius 1 is 0.774 bits per heavy atom. The van der Waals surface area contributed by atoms with E-state index in [1.165, 1.54) is 0 Å². The van der Waals surface area contributed by atoms with E-state index in [2.05, 4.69) is 5.32 Å². The van der Waals surface area contributed by atoms with Crippen molar-refractivity contribution < 1.29 is 14.3 Å². The Bertz CT molecular complexity index is 1150. The predicted octanol–water partition coefficient (Wildman–Crippen LogP) is 4.86. The zero-order valence-corrected chi connectivity index (χ0v) is 16.9. The van der Waals surface area contributed by atoms with Gasteiger partial charge in [-0.15, -0.1) is 0 Å². The molecule has 0 saturated heterocycles. The van der Waals surface area contributed by atoms with Gasteiger partial charge in [-0.05, 0) is 60.0 Å². The minimum atomic E-state index is -0.535. The molecule has 0 spiro atoms. The standard InChI is InChI=1S/C26H22N2O3/c29-25(27-24-11-5-4-10-22(24)18-20-8-2-1-3-9-20)19-31-26(30)21-12-14-23(15-13-21)28-16-6-7-17-28/h1-17H,18-19H2,(H,27,29). The average Bonchev–Trinajstić information content (AvgIpc) is 3.35. The molecule has 4 aromatic rings. The van der Waals surface area contributed by atoms with Crippen LogP contribution in [0.25, 0.3) is 5.69 Å². The number of carbonyl (C=O) groups is 2. The van der Waals surface area contributed by atoms with Crippen LogP contribution in [0.2, 0.25) is 0 Å². The molecule has 0 radical (unpaired) electrons. The number of rotatable bonds is 7. The molecule has 1 aromatic heterocycles. The Hall–Kier alpha value is -4.12. The van der Waals surface area contributed by atoms with Crippen LogP contribution >= 0.6 is 0 Å². The van der Waals surface area contributed by atoms with Crippen LogP contribution in [0, 0.1) is 0 Å². The largest absolute Gasteiger partial charge is 0.452 e. The number of anilines is 1. The summed E-state index contributed by atoms with van der Waals surface area (Å²) in [5.41, 5.74) is 4.19. The number of carbonyl (C=O) groups excluding carboxylic acids is 2. The smallest absolute Gasteiger partial charge is 0.338 e. The molecule has 0 aliphatic heterocycles. The normalized spacial score (nSPS) is 10.5. The second-order valence-corrected chi connectivity index (χ2v) is 7.08. The van der Waals surface area contributed by atoms with Gasteiger partial charge in [0.2, 0.25) is 0 Å². The highest BCUT2D eigenvalue weighted by Gasteiger charge is 2.12. The summed E-state index contributed by atoms with van der Waals surface area (Å²) in [5.74, 6) is -0.912. The van der Waals surface area contributed by atoms with E-state index in [1.54, 1.807) is 12.1 Å². The molecule has 0 saturated carbocycles. The number of nitrogens with one attached hydrogen (secondary N) is 1. The molecule has 0 bridgehead atoms. The monoisotopic (exact) mass is 410 g/mol. The maximum absolute atomic E-state index is 12.4. The molecule has 5 heteroatoms. The fourth-order valence-electron chi connectivity index (χ4n) is 3.29. The zero-order chi connectivity index (χ0) is 21.5. The minimum absolute atomic E-state index is 0.349. The Labute approximate surface area is 180 Å². The maximum Gasteiger partial charge on any atom is 0.338 e. The van der Waals surface area contributed by atoms with Crippen molar-refractivity contribution in [1.29, 1.82) is 0 Å². The fourth-order valence-corrected chi connectivity index (χ4v) is 3.29. The van der Waals surface area contributed by atoms with Crippen molar-refractivity contribution in [3.8, 4) is 5.69 Å². The number of amides is 1. The topological polar surface area (TPSA) is 60.3 Å². The second-order valence-electron chi connectivity index (χ2n) is 7.08. The van der Waals surface area contributed by atoms with E-state index in [0.717, 1.165) is 16.8 Å². The highest BCUT2D eigenvalue weighted by molar-refractivity contribution is 5.96. The van der Waals surface area contributed by atoms with Gasteiger partial charge in [0.1, 0.15) is 0 Å². The van der Waals surface area contributed by atoms with Crippen LogP contribution < -0.4 is 5.32 Å². The van der Waals surface area contributed by atoms with Crippen LogP contribution in [-0.2, 0) is 16.0 Å². The number of esters is 1. The fraction of sp³-hybridized carbons (Fsp3) is 0.0769. The van der Waals surface area contributed by atoms with Gasteiger partial charge in [0.25, 0.3) is 5.91 Å². The van der Waals surface area contributed by atoms with E-state index < -0.39 is 5.97 Å². The van der Waals surface area contributed by atoms with Crippen LogP contribution in [-0.4, -0.2) is 23.1 Å². The summed E-state index contributed by atoms with van der Waals surface area (Å²) >= 11 is 0. The first-order valence-corrected chi connectivity index (χ1v) is 10.0. The second kappa shape index (κ2) is 9.59. The molecule has 4 rings (SSSR count). The van der Waals surface area contributed by atoms with Gasteiger partial charge in [0.15, 0.2) is 6.61 Å². The van der Waals surface area contributed by atoms with Crippen molar-refractivity contribution in [2.45, 2.75) is 6.42 Å². The summed E-state index contributed by atoms with van der Waals surface area (Å²) in [6.07, 6.45) is 4.55. The van der Waals surface area contributed by atoms with Crippen molar-refractivity contribution >= 4 is 17.6 Å². The summed E-state index contributed by atoms with van der Waals surface area (Å²) in [4.78, 5) is 24.7. The van der Waals surface area contributed by atoms with Gasteiger partial charge in [-0.1, -0.05) is 48.5 Å². The lowest BCUT2D eigenvalue weighted by atomic mass is 10.0. The number of para-hydroxylation sites is 1. The first-order chi connectivity index (χ1) is 15.2. The first kappa shape index (κ1) is 20.2. The van der Waals surface area contributed by atoms with Gasteiger partial charge in [-0.25, -0.2) is 4.79 Å². The quantitative estimate of drug-likeness (QED) is 0.443. The number of nitrogens with zero attached hydrogens (tertiary/aromatic N) is 1. The van der Waals surface area contributed by atoms with E-state index >= 15 is 0 Å². The Kier molecular flexibility index (Phi) is 6.24. The van der Waals surface area contributed by atoms with Gasteiger partial charge in [-0.2, -0.15) is 0 Å². The van der Waals surface area contributed by atoms with E-state index in [-0.39, 0.29) is 12.5 Å². The van der Waals surface area contributed by atoms with Crippen LogP contribution in [0.5, 0.6) is 0 Å². The number of ether oxygens (including phenoxy) is 1. The van der Waals surface area contributed by atoms with E-state index in [0.29, 0.717) is 17.7 Å². The predicted molar refractivity (Wildman–Crippen MR) is 120 cm³/mol. The molecule has 1 heterocycles. The molecule has 0 atom stereocenters. The molecule has 0 fully saturated rings. The highest BCUT2D eigenvalue weighted by Crippen LogP contribution is 2.19. The molecule has 154 valence electrons. The summed E-state index contributed by atoms with van der Waals surface area (Å²) in [7, 11) is 0. The molecule has 0 aliphatic carbocycles. The summed E-state index contributed by atoms with van der Waals surface area (Å²) in [6, 6.07) is 28.5. The molecular formula is C26H22N2O3. The van der Waals surface area contributed by atoms with Crippen molar-refractivity contribution in [3.05, 3.63) is 120 Å². The zero-order valence-electron chi connectivity index (χ0n) is 16.9. The highest BCUT2D eigenvalue weighted by atomic mass is 16.5. The molecular weight excluding hydrogens is 388 g/mol. The van der Waals surface area contributed by atoms with Crippen molar-refractivity contribution in [2.24, 2.45) is 0 Å². The Morgan fingerprint density at radius 3 is 2.19 bits per heavy atom. The van der Waals surface area contributed by atoms with Gasteiger partial charge in [0.05, 0.1) is 5.56 Å². The summed E-state index contributed by atoms with van der Waals surface area (Å²) in [6.45, 7) is -0.349. The summed E-state index contributed by atoms with van der Waals surface area (Å²) < 4.78 is 7.13. The average molecular weight is 410 g/mol. The van der Waals surface area contributed by atoms with Crippen LogP contribution in [0.3, 0.4) is 0 Å². The first-order valence-electron chi connectivity index (χ1n) is 10.0. The van der Waals surface area contributed by atoms with E-state index in [9.17, 15) is 9.59 Å². The third-order valence-electron chi connectivity index (χ3n) is 4.87. The van der Waals surface area contributed by atoms with Crippen LogP contribution in [0.1, 0.15) is 21.5 Å². The third kappa shape index (κ3) is 5.28. The molecule has 0 aliphatic rings. The molecule has 31 heavy (non-hydrogen) atoms. The SMILES string of the molecule is O=C(COC(=O)c1ccc(-n2cccc2)cc1)Nc1ccccc1Cc1ccccc1. The van der Waals surface area contributed by atoms with Gasteiger partial charge < -0.3 is 14.6 Å². The van der Waals surface area contributed by atoms with Crippen molar-refractivity contribution in [2.75, 3.05) is 11.9 Å². The van der Waals surface area contributed by atoms with E-state index in [4.69, 9.17) is 4.74 Å². The lowest BCUT2D eigenvalue weighted by Gasteiger charge is -2.12. The lowest BCUT2D eigenvalue weighted by Crippen LogP contribution is -2.21. The Morgan fingerprint density at radius 2 is 1.45 bits per heavy atom. The third-order valence-corrected chi connectivity index (χ3v) is 4.87. The van der Waals surface area contributed by atoms with Gasteiger partial charge in [-0.3, -0.25) is 4.79 Å². The van der Waals surface area contributed by atoms with Crippen molar-refractivity contribution in [1.82, 2.24) is 4.57 Å². The van der Waals surface area contributed by atoms with Crippen LogP contribution in [0.15, 0.2) is 103 Å². The number of benzene rings is 3. The number of hydrogen-bond donors (Lipinski definition) is 1. The molecule has 5 nitrogen and oxygen atoms in total. The van der Waals surface area contributed by atoms with Crippen molar-refractivity contribution in [3.63, 3.8) is 0 Å². The molecule has 3 aromatic carbocycles. The Balaban J connectivity index is 1.34. The molecule has 0 unspecified atom stereocenters. The summed E-state index contributed by atoms with van der Waals surface area (Å²) in [5, 5.41) is 2.85. The molecule has 1 amide bonds. The van der Waals surface area contributed by atoms with Gasteiger partial charge >= 0.3 is 5.97 Å². The van der Waals surface area contributed by atoms with Gasteiger partial charge in [0, 0.05) is 23.8 Å². The van der Waals surface area contributed by atoms with Crippen LogP contribution in [0.4, 0.5) is 5.69 Å². The maximum atomic E-state index is 12.4. The van der Waals surface area contributed by atoms with E-state index in [1.807, 2.05) is 95.8 Å². The molecule has 1 N–H and O–H groups in total. The lowest BCUT2D eigenvalue weighted by molar-refractivity contribution is -0.119. The number of hydrogen-bond acceptors (Lipinski definition) is 3. The number of aromatic nitrogens is 1.